The molecule has 1 saturated heterocycles. The van der Waals surface area contributed by atoms with Crippen LogP contribution >= 0.6 is 0 Å². The number of carbonyl (C=O) groups is 3. The van der Waals surface area contributed by atoms with Crippen LogP contribution < -0.4 is 0 Å². The molecule has 0 bridgehead atoms. The van der Waals surface area contributed by atoms with E-state index >= 15 is 0 Å². The SMILES string of the molecule is CC(=O)c1ccc(S(=O)(=O)N2CCN(C(=O)COC(=O)C3CC3)CC2)cc1. The largest absolute Gasteiger partial charge is 0.455 e. The fraction of sp³-hybridized carbons (Fsp3) is 0.500. The van der Waals surface area contributed by atoms with Crippen LogP contribution in [0.15, 0.2) is 29.2 Å². The fourth-order valence-electron chi connectivity index (χ4n) is 2.85. The van der Waals surface area contributed by atoms with E-state index in [2.05, 4.69) is 0 Å². The van der Waals surface area contributed by atoms with E-state index in [-0.39, 0.29) is 61.3 Å². The zero-order valence-electron chi connectivity index (χ0n) is 15.1. The van der Waals surface area contributed by atoms with E-state index in [1.165, 1.54) is 40.4 Å². The van der Waals surface area contributed by atoms with Crippen LogP contribution in [0, 0.1) is 5.92 Å². The van der Waals surface area contributed by atoms with Crippen molar-refractivity contribution in [1.29, 1.82) is 0 Å². The second-order valence-corrected chi connectivity index (χ2v) is 8.69. The fourth-order valence-corrected chi connectivity index (χ4v) is 4.27. The molecule has 1 heterocycles. The van der Waals surface area contributed by atoms with E-state index < -0.39 is 10.0 Å². The number of esters is 1. The molecular weight excluding hydrogens is 372 g/mol. The lowest BCUT2D eigenvalue weighted by Gasteiger charge is -2.33. The molecule has 3 rings (SSSR count). The van der Waals surface area contributed by atoms with E-state index in [1.54, 1.807) is 0 Å². The van der Waals surface area contributed by atoms with E-state index in [4.69, 9.17) is 4.74 Å². The van der Waals surface area contributed by atoms with Gasteiger partial charge in [-0.2, -0.15) is 4.31 Å². The minimum absolute atomic E-state index is 0.0609. The highest BCUT2D eigenvalue weighted by Gasteiger charge is 2.33. The summed E-state index contributed by atoms with van der Waals surface area (Å²) in [5.74, 6) is -0.840. The molecular formula is C18H22N2O6S. The van der Waals surface area contributed by atoms with Gasteiger partial charge in [0, 0.05) is 31.7 Å². The number of sulfonamides is 1. The first-order valence-electron chi connectivity index (χ1n) is 8.84. The Bertz CT molecular complexity index is 837. The lowest BCUT2D eigenvalue weighted by Crippen LogP contribution is -2.51. The number of rotatable bonds is 6. The summed E-state index contributed by atoms with van der Waals surface area (Å²) in [5.41, 5.74) is 0.449. The summed E-state index contributed by atoms with van der Waals surface area (Å²) in [4.78, 5) is 36.6. The number of ether oxygens (including phenoxy) is 1. The van der Waals surface area contributed by atoms with Crippen LogP contribution in [0.25, 0.3) is 0 Å². The van der Waals surface area contributed by atoms with E-state index in [9.17, 15) is 22.8 Å². The molecule has 0 N–H and O–H groups in total. The van der Waals surface area contributed by atoms with Gasteiger partial charge in [0.05, 0.1) is 10.8 Å². The standard InChI is InChI=1S/C18H22N2O6S/c1-13(21)14-4-6-16(7-5-14)27(24,25)20-10-8-19(9-11-20)17(22)12-26-18(23)15-2-3-15/h4-7,15H,2-3,8-12H2,1H3. The Kier molecular flexibility index (Phi) is 5.61. The van der Waals surface area contributed by atoms with Crippen molar-refractivity contribution in [3.05, 3.63) is 29.8 Å². The predicted octanol–water partition coefficient (Wildman–Crippen LogP) is 0.675. The molecule has 1 aromatic rings. The van der Waals surface area contributed by atoms with Crippen LogP contribution in [0.4, 0.5) is 0 Å². The van der Waals surface area contributed by atoms with Crippen LogP contribution in [0.1, 0.15) is 30.1 Å². The number of hydrogen-bond acceptors (Lipinski definition) is 6. The molecule has 1 amide bonds. The average Bonchev–Trinajstić information content (AvgIpc) is 3.51. The molecule has 0 spiro atoms. The number of ketones is 1. The first-order valence-corrected chi connectivity index (χ1v) is 10.3. The number of hydrogen-bond donors (Lipinski definition) is 0. The lowest BCUT2D eigenvalue weighted by molar-refractivity contribution is -0.153. The maximum Gasteiger partial charge on any atom is 0.309 e. The van der Waals surface area contributed by atoms with Gasteiger partial charge in [0.15, 0.2) is 12.4 Å². The van der Waals surface area contributed by atoms with Crippen molar-refractivity contribution < 1.29 is 27.5 Å². The predicted molar refractivity (Wildman–Crippen MR) is 95.5 cm³/mol. The van der Waals surface area contributed by atoms with Gasteiger partial charge < -0.3 is 9.64 Å². The molecule has 9 heteroatoms. The minimum atomic E-state index is -3.68. The Morgan fingerprint density at radius 1 is 1.04 bits per heavy atom. The Morgan fingerprint density at radius 2 is 1.63 bits per heavy atom. The first kappa shape index (κ1) is 19.5. The molecule has 0 unspecified atom stereocenters. The number of benzene rings is 1. The summed E-state index contributed by atoms with van der Waals surface area (Å²) in [5, 5.41) is 0. The van der Waals surface area contributed by atoms with Gasteiger partial charge in [-0.25, -0.2) is 8.42 Å². The Hall–Kier alpha value is -2.26. The van der Waals surface area contributed by atoms with Gasteiger partial charge in [-0.1, -0.05) is 12.1 Å². The highest BCUT2D eigenvalue weighted by Crippen LogP contribution is 2.30. The van der Waals surface area contributed by atoms with Gasteiger partial charge in [0.25, 0.3) is 5.91 Å². The molecule has 2 fully saturated rings. The van der Waals surface area contributed by atoms with Crippen LogP contribution in [-0.2, 0) is 24.3 Å². The molecule has 2 aliphatic rings. The molecule has 0 radical (unpaired) electrons. The third-order valence-corrected chi connectivity index (χ3v) is 6.65. The van der Waals surface area contributed by atoms with Gasteiger partial charge in [0.2, 0.25) is 10.0 Å². The minimum Gasteiger partial charge on any atom is -0.455 e. The van der Waals surface area contributed by atoms with Gasteiger partial charge in [-0.05, 0) is 31.9 Å². The Labute approximate surface area is 158 Å². The topological polar surface area (TPSA) is 101 Å². The van der Waals surface area contributed by atoms with Crippen LogP contribution in [-0.4, -0.2) is 68.1 Å². The van der Waals surface area contributed by atoms with Crippen molar-refractivity contribution in [3.63, 3.8) is 0 Å². The van der Waals surface area contributed by atoms with Crippen LogP contribution in [0.2, 0.25) is 0 Å². The second-order valence-electron chi connectivity index (χ2n) is 6.75. The van der Waals surface area contributed by atoms with Crippen molar-refractivity contribution in [1.82, 2.24) is 9.21 Å². The highest BCUT2D eigenvalue weighted by molar-refractivity contribution is 7.89. The molecule has 146 valence electrons. The summed E-state index contributed by atoms with van der Waals surface area (Å²) < 4.78 is 31.7. The third kappa shape index (κ3) is 4.54. The molecule has 8 nitrogen and oxygen atoms in total. The Balaban J connectivity index is 1.54. The lowest BCUT2D eigenvalue weighted by atomic mass is 10.2. The summed E-state index contributed by atoms with van der Waals surface area (Å²) in [6.45, 7) is 1.93. The van der Waals surface area contributed by atoms with E-state index in [0.29, 0.717) is 5.56 Å². The number of carbonyl (C=O) groups excluding carboxylic acids is 3. The van der Waals surface area contributed by atoms with Gasteiger partial charge in [-0.3, -0.25) is 14.4 Å². The van der Waals surface area contributed by atoms with Gasteiger partial charge in [0.1, 0.15) is 0 Å². The number of amides is 1. The van der Waals surface area contributed by atoms with Crippen molar-refractivity contribution in [3.8, 4) is 0 Å². The molecule has 1 aromatic carbocycles. The van der Waals surface area contributed by atoms with Crippen molar-refractivity contribution in [2.24, 2.45) is 5.92 Å². The van der Waals surface area contributed by atoms with Gasteiger partial charge in [-0.15, -0.1) is 0 Å². The summed E-state index contributed by atoms with van der Waals surface area (Å²) in [6, 6.07) is 5.81. The summed E-state index contributed by atoms with van der Waals surface area (Å²) in [7, 11) is -3.68. The maximum absolute atomic E-state index is 12.7. The van der Waals surface area contributed by atoms with Crippen LogP contribution in [0.5, 0.6) is 0 Å². The summed E-state index contributed by atoms with van der Waals surface area (Å²) in [6.07, 6.45) is 1.63. The average molecular weight is 394 g/mol. The quantitative estimate of drug-likeness (QED) is 0.519. The first-order chi connectivity index (χ1) is 12.8. The maximum atomic E-state index is 12.7. The van der Waals surface area contributed by atoms with Crippen molar-refractivity contribution >= 4 is 27.7 Å². The zero-order valence-corrected chi connectivity index (χ0v) is 15.9. The number of nitrogens with zero attached hydrogens (tertiary/aromatic N) is 2. The zero-order chi connectivity index (χ0) is 19.6. The molecule has 0 aromatic heterocycles. The summed E-state index contributed by atoms with van der Waals surface area (Å²) >= 11 is 0. The van der Waals surface area contributed by atoms with Crippen LogP contribution in [0.3, 0.4) is 0 Å². The Morgan fingerprint density at radius 3 is 2.15 bits per heavy atom. The number of piperazine rings is 1. The molecule has 1 aliphatic heterocycles. The smallest absolute Gasteiger partial charge is 0.309 e. The van der Waals surface area contributed by atoms with Crippen molar-refractivity contribution in [2.45, 2.75) is 24.7 Å². The normalized spacial score (nSPS) is 18.2. The van der Waals surface area contributed by atoms with Crippen molar-refractivity contribution in [2.75, 3.05) is 32.8 Å². The highest BCUT2D eigenvalue weighted by atomic mass is 32.2. The van der Waals surface area contributed by atoms with E-state index in [0.717, 1.165) is 12.8 Å². The third-order valence-electron chi connectivity index (χ3n) is 4.74. The molecule has 1 aliphatic carbocycles. The van der Waals surface area contributed by atoms with E-state index in [1.807, 2.05) is 0 Å². The molecule has 1 saturated carbocycles. The van der Waals surface area contributed by atoms with Gasteiger partial charge >= 0.3 is 5.97 Å². The molecule has 27 heavy (non-hydrogen) atoms. The number of Topliss-reactive ketones (excluding diaryl/α,β-unsaturated/α-hetero) is 1. The second kappa shape index (κ2) is 7.77. The monoisotopic (exact) mass is 394 g/mol. The molecule has 0 atom stereocenters.